The van der Waals surface area contributed by atoms with Crippen molar-refractivity contribution in [2.75, 3.05) is 20.3 Å². The van der Waals surface area contributed by atoms with Gasteiger partial charge in [0.15, 0.2) is 0 Å². The number of carbonyl (C=O) groups is 2. The fourth-order valence-electron chi connectivity index (χ4n) is 4.26. The molecule has 1 aromatic carbocycles. The molecular weight excluding hydrogens is 316 g/mol. The molecule has 1 N–H and O–H groups in total. The zero-order chi connectivity index (χ0) is 17.6. The van der Waals surface area contributed by atoms with Gasteiger partial charge in [-0.3, -0.25) is 9.59 Å². The van der Waals surface area contributed by atoms with E-state index in [-0.39, 0.29) is 23.9 Å². The smallest absolute Gasteiger partial charge is 0.254 e. The molecule has 1 saturated heterocycles. The van der Waals surface area contributed by atoms with Crippen LogP contribution in [0.5, 0.6) is 0 Å². The Hall–Kier alpha value is -1.88. The lowest BCUT2D eigenvalue weighted by atomic mass is 9.84. The minimum Gasteiger partial charge on any atom is -0.385 e. The quantitative estimate of drug-likeness (QED) is 0.807. The van der Waals surface area contributed by atoms with Gasteiger partial charge in [-0.1, -0.05) is 31.0 Å². The number of carbonyl (C=O) groups excluding carboxylic acids is 2. The largest absolute Gasteiger partial charge is 0.385 e. The lowest BCUT2D eigenvalue weighted by molar-refractivity contribution is -0.125. The van der Waals surface area contributed by atoms with Crippen molar-refractivity contribution in [2.24, 2.45) is 5.92 Å². The lowest BCUT2D eigenvalue weighted by Gasteiger charge is -2.33. The van der Waals surface area contributed by atoms with Gasteiger partial charge in [-0.25, -0.2) is 0 Å². The molecule has 136 valence electrons. The number of rotatable bonds is 6. The first-order valence-corrected chi connectivity index (χ1v) is 9.36. The molecule has 1 heterocycles. The van der Waals surface area contributed by atoms with Crippen molar-refractivity contribution < 1.29 is 14.3 Å². The molecule has 3 atom stereocenters. The van der Waals surface area contributed by atoms with Gasteiger partial charge in [-0.2, -0.15) is 0 Å². The van der Waals surface area contributed by atoms with Crippen molar-refractivity contribution in [3.63, 3.8) is 0 Å². The average Bonchev–Trinajstić information content (AvgIpc) is 3.05. The standard InChI is InChI=1S/C20H28N2O3/c1-25-13-7-12-21-19(23)18-14-16-10-5-6-11-17(16)22(18)20(24)15-8-3-2-4-9-15/h2-4,8-9,16-18H,5-7,10-14H2,1H3,(H,21,23)/t16-,17-,18+/m1/s1. The summed E-state index contributed by atoms with van der Waals surface area (Å²) in [5.74, 6) is 0.429. The van der Waals surface area contributed by atoms with Crippen LogP contribution in [0.4, 0.5) is 0 Å². The molecule has 0 radical (unpaired) electrons. The van der Waals surface area contributed by atoms with E-state index in [1.165, 1.54) is 6.42 Å². The van der Waals surface area contributed by atoms with Crippen molar-refractivity contribution in [1.29, 1.82) is 0 Å². The van der Waals surface area contributed by atoms with Crippen LogP contribution in [0.3, 0.4) is 0 Å². The summed E-state index contributed by atoms with van der Waals surface area (Å²) in [7, 11) is 1.66. The highest BCUT2D eigenvalue weighted by Gasteiger charge is 2.47. The van der Waals surface area contributed by atoms with Gasteiger partial charge in [0.2, 0.25) is 5.91 Å². The molecule has 1 aromatic rings. The Morgan fingerprint density at radius 3 is 2.72 bits per heavy atom. The van der Waals surface area contributed by atoms with Crippen molar-refractivity contribution in [3.8, 4) is 0 Å². The summed E-state index contributed by atoms with van der Waals surface area (Å²) in [6.45, 7) is 1.22. The van der Waals surface area contributed by atoms with Gasteiger partial charge in [0, 0.05) is 31.9 Å². The molecule has 3 rings (SSSR count). The van der Waals surface area contributed by atoms with Crippen molar-refractivity contribution >= 4 is 11.8 Å². The number of methoxy groups -OCH3 is 1. The summed E-state index contributed by atoms with van der Waals surface area (Å²) >= 11 is 0. The fraction of sp³-hybridized carbons (Fsp3) is 0.600. The molecule has 1 aliphatic carbocycles. The number of amides is 2. The van der Waals surface area contributed by atoms with E-state index >= 15 is 0 Å². The van der Waals surface area contributed by atoms with Crippen molar-refractivity contribution in [2.45, 2.75) is 50.6 Å². The summed E-state index contributed by atoms with van der Waals surface area (Å²) in [4.78, 5) is 27.8. The minimum absolute atomic E-state index is 0.00737. The molecule has 0 bridgehead atoms. The molecule has 2 amide bonds. The average molecular weight is 344 g/mol. The predicted molar refractivity (Wildman–Crippen MR) is 96.3 cm³/mol. The van der Waals surface area contributed by atoms with Crippen LogP contribution < -0.4 is 5.32 Å². The van der Waals surface area contributed by atoms with Crippen molar-refractivity contribution in [1.82, 2.24) is 10.2 Å². The second-order valence-electron chi connectivity index (χ2n) is 7.08. The normalized spacial score (nSPS) is 25.5. The summed E-state index contributed by atoms with van der Waals surface area (Å²) in [6, 6.07) is 9.20. The summed E-state index contributed by atoms with van der Waals surface area (Å²) in [5.41, 5.74) is 0.672. The predicted octanol–water partition coefficient (Wildman–Crippen LogP) is 2.61. The molecule has 1 saturated carbocycles. The zero-order valence-corrected chi connectivity index (χ0v) is 14.9. The van der Waals surface area contributed by atoms with Crippen LogP contribution in [0.15, 0.2) is 30.3 Å². The maximum absolute atomic E-state index is 13.1. The van der Waals surface area contributed by atoms with Crippen LogP contribution in [0, 0.1) is 5.92 Å². The number of likely N-dealkylation sites (tertiary alicyclic amines) is 1. The third kappa shape index (κ3) is 4.03. The Morgan fingerprint density at radius 2 is 1.96 bits per heavy atom. The van der Waals surface area contributed by atoms with Gasteiger partial charge >= 0.3 is 0 Å². The molecule has 25 heavy (non-hydrogen) atoms. The van der Waals surface area contributed by atoms with Gasteiger partial charge in [0.1, 0.15) is 6.04 Å². The Bertz CT molecular complexity index is 590. The zero-order valence-electron chi connectivity index (χ0n) is 14.9. The van der Waals surface area contributed by atoms with Crippen molar-refractivity contribution in [3.05, 3.63) is 35.9 Å². The number of fused-ring (bicyclic) bond motifs is 1. The first-order chi connectivity index (χ1) is 12.2. The van der Waals surface area contributed by atoms with E-state index in [2.05, 4.69) is 5.32 Å². The van der Waals surface area contributed by atoms with Crippen LogP contribution in [0.1, 0.15) is 48.9 Å². The molecule has 5 heteroatoms. The van der Waals surface area contributed by atoms with E-state index in [0.717, 1.165) is 32.1 Å². The van der Waals surface area contributed by atoms with E-state index in [0.29, 0.717) is 24.6 Å². The molecule has 0 aromatic heterocycles. The summed E-state index contributed by atoms with van der Waals surface area (Å²) in [5, 5.41) is 2.99. The van der Waals surface area contributed by atoms with E-state index in [1.807, 2.05) is 35.2 Å². The van der Waals surface area contributed by atoms with Crippen LogP contribution in [0.2, 0.25) is 0 Å². The molecule has 5 nitrogen and oxygen atoms in total. The van der Waals surface area contributed by atoms with Crippen LogP contribution in [-0.4, -0.2) is 49.1 Å². The van der Waals surface area contributed by atoms with Crippen LogP contribution >= 0.6 is 0 Å². The minimum atomic E-state index is -0.344. The van der Waals surface area contributed by atoms with Gasteiger partial charge in [-0.15, -0.1) is 0 Å². The monoisotopic (exact) mass is 344 g/mol. The number of nitrogens with one attached hydrogen (secondary N) is 1. The summed E-state index contributed by atoms with van der Waals surface area (Å²) in [6.07, 6.45) is 6.06. The van der Waals surface area contributed by atoms with Gasteiger partial charge in [0.25, 0.3) is 5.91 Å². The lowest BCUT2D eigenvalue weighted by Crippen LogP contribution is -2.49. The second kappa shape index (κ2) is 8.48. The number of ether oxygens (including phenoxy) is 1. The maximum atomic E-state index is 13.1. The molecule has 0 spiro atoms. The number of hydrogen-bond acceptors (Lipinski definition) is 3. The Kier molecular flexibility index (Phi) is 6.08. The first kappa shape index (κ1) is 17.9. The maximum Gasteiger partial charge on any atom is 0.254 e. The molecule has 2 fully saturated rings. The van der Waals surface area contributed by atoms with Gasteiger partial charge < -0.3 is 15.0 Å². The highest BCUT2D eigenvalue weighted by atomic mass is 16.5. The van der Waals surface area contributed by atoms with Gasteiger partial charge in [-0.05, 0) is 43.7 Å². The summed E-state index contributed by atoms with van der Waals surface area (Å²) < 4.78 is 5.03. The molecule has 1 aliphatic heterocycles. The number of nitrogens with zero attached hydrogens (tertiary/aromatic N) is 1. The second-order valence-corrected chi connectivity index (χ2v) is 7.08. The molecular formula is C20H28N2O3. The SMILES string of the molecule is COCCCNC(=O)[C@@H]1C[C@H]2CCCC[C@H]2N1C(=O)c1ccccc1. The van der Waals surface area contributed by atoms with Crippen LogP contribution in [-0.2, 0) is 9.53 Å². The van der Waals surface area contributed by atoms with E-state index in [1.54, 1.807) is 7.11 Å². The highest BCUT2D eigenvalue weighted by Crippen LogP contribution is 2.40. The number of hydrogen-bond donors (Lipinski definition) is 1. The Balaban J connectivity index is 1.75. The van der Waals surface area contributed by atoms with E-state index in [4.69, 9.17) is 4.74 Å². The topological polar surface area (TPSA) is 58.6 Å². The van der Waals surface area contributed by atoms with E-state index in [9.17, 15) is 9.59 Å². The number of benzene rings is 1. The third-order valence-corrected chi connectivity index (χ3v) is 5.47. The Labute approximate surface area is 149 Å². The molecule has 0 unspecified atom stereocenters. The molecule has 2 aliphatic rings. The first-order valence-electron chi connectivity index (χ1n) is 9.36. The van der Waals surface area contributed by atoms with Crippen LogP contribution in [0.25, 0.3) is 0 Å². The fourth-order valence-corrected chi connectivity index (χ4v) is 4.26. The highest BCUT2D eigenvalue weighted by molar-refractivity contribution is 5.98. The van der Waals surface area contributed by atoms with E-state index < -0.39 is 0 Å². The third-order valence-electron chi connectivity index (χ3n) is 5.47. The van der Waals surface area contributed by atoms with Gasteiger partial charge in [0.05, 0.1) is 0 Å². The Morgan fingerprint density at radius 1 is 1.20 bits per heavy atom.